The Morgan fingerprint density at radius 1 is 1.27 bits per heavy atom. The number of hydroxylamine groups is 1. The predicted molar refractivity (Wildman–Crippen MR) is 82.2 cm³/mol. The van der Waals surface area contributed by atoms with Gasteiger partial charge in [-0.3, -0.25) is 9.63 Å². The highest BCUT2D eigenvalue weighted by Crippen LogP contribution is 2.46. The molecule has 1 aliphatic rings. The van der Waals surface area contributed by atoms with Crippen LogP contribution in [-0.4, -0.2) is 28.4 Å². The van der Waals surface area contributed by atoms with Gasteiger partial charge in [-0.25, -0.2) is 4.79 Å². The van der Waals surface area contributed by atoms with Gasteiger partial charge in [-0.05, 0) is 51.4 Å². The highest BCUT2D eigenvalue weighted by atomic mass is 16.7. The lowest BCUT2D eigenvalue weighted by atomic mass is 9.65. The van der Waals surface area contributed by atoms with E-state index in [1.54, 1.807) is 20.8 Å². The van der Waals surface area contributed by atoms with Crippen LogP contribution in [0.2, 0.25) is 0 Å². The maximum atomic E-state index is 11.8. The number of aliphatic carboxylic acids is 1. The van der Waals surface area contributed by atoms with Crippen LogP contribution in [0.1, 0.15) is 67.2 Å². The summed E-state index contributed by atoms with van der Waals surface area (Å²) < 4.78 is 5.14. The van der Waals surface area contributed by atoms with Gasteiger partial charge in [0.2, 0.25) is 0 Å². The Hall–Kier alpha value is -1.30. The van der Waals surface area contributed by atoms with Gasteiger partial charge >= 0.3 is 12.1 Å². The van der Waals surface area contributed by atoms with Crippen LogP contribution in [0.15, 0.2) is 0 Å². The zero-order valence-electron chi connectivity index (χ0n) is 14.5. The number of carbonyl (C=O) groups is 2. The fourth-order valence-electron chi connectivity index (χ4n) is 3.64. The minimum atomic E-state index is -0.934. The molecule has 1 rings (SSSR count). The van der Waals surface area contributed by atoms with Crippen LogP contribution in [0.25, 0.3) is 0 Å². The van der Waals surface area contributed by atoms with Crippen LogP contribution in [0.3, 0.4) is 0 Å². The van der Waals surface area contributed by atoms with E-state index in [0.717, 1.165) is 6.42 Å². The first kappa shape index (κ1) is 18.7. The van der Waals surface area contributed by atoms with Crippen LogP contribution in [-0.2, 0) is 14.4 Å². The van der Waals surface area contributed by atoms with Gasteiger partial charge in [-0.15, -0.1) is 0 Å². The van der Waals surface area contributed by atoms with E-state index >= 15 is 0 Å². The zero-order chi connectivity index (χ0) is 17.2. The van der Waals surface area contributed by atoms with Crippen LogP contribution in [0.4, 0.5) is 4.79 Å². The van der Waals surface area contributed by atoms with E-state index in [-0.39, 0.29) is 11.8 Å². The van der Waals surface area contributed by atoms with Crippen molar-refractivity contribution >= 4 is 12.1 Å². The van der Waals surface area contributed by atoms with Crippen molar-refractivity contribution in [2.24, 2.45) is 11.3 Å². The second-order valence-electron chi connectivity index (χ2n) is 8.31. The molecule has 0 aromatic heterocycles. The summed E-state index contributed by atoms with van der Waals surface area (Å²) in [6, 6.07) is 0. The minimum absolute atomic E-state index is 0.0390. The van der Waals surface area contributed by atoms with Crippen LogP contribution in [0.5, 0.6) is 0 Å². The molecule has 22 heavy (non-hydrogen) atoms. The summed E-state index contributed by atoms with van der Waals surface area (Å²) in [5, 5.41) is 9.22. The smallest absolute Gasteiger partial charge is 0.431 e. The van der Waals surface area contributed by atoms with Crippen molar-refractivity contribution in [2.45, 2.75) is 78.4 Å². The van der Waals surface area contributed by atoms with E-state index in [9.17, 15) is 14.7 Å². The van der Waals surface area contributed by atoms with Gasteiger partial charge in [0, 0.05) is 0 Å². The average molecular weight is 315 g/mol. The van der Waals surface area contributed by atoms with E-state index < -0.39 is 23.3 Å². The number of carboxylic acid groups (broad SMARTS) is 1. The van der Waals surface area contributed by atoms with Crippen molar-refractivity contribution in [2.75, 3.05) is 0 Å². The summed E-state index contributed by atoms with van der Waals surface area (Å²) in [7, 11) is 0. The summed E-state index contributed by atoms with van der Waals surface area (Å²) in [5.41, 5.74) is 0.719. The topological polar surface area (TPSA) is 84.9 Å². The third-order valence-corrected chi connectivity index (χ3v) is 3.65. The van der Waals surface area contributed by atoms with E-state index in [0.29, 0.717) is 18.8 Å². The summed E-state index contributed by atoms with van der Waals surface area (Å²) in [5.74, 6) is -0.612. The average Bonchev–Trinajstić information content (AvgIpc) is 2.19. The highest BCUT2D eigenvalue weighted by molar-refractivity contribution is 5.69. The molecule has 0 aliphatic heterocycles. The molecular weight excluding hydrogens is 286 g/mol. The van der Waals surface area contributed by atoms with Gasteiger partial charge in [0.1, 0.15) is 11.2 Å². The molecule has 1 saturated carbocycles. The number of amides is 1. The molecule has 2 N–H and O–H groups in total. The molecule has 6 heteroatoms. The normalized spacial score (nSPS) is 28.0. The van der Waals surface area contributed by atoms with Gasteiger partial charge in [0.15, 0.2) is 0 Å². The van der Waals surface area contributed by atoms with Crippen LogP contribution >= 0.6 is 0 Å². The van der Waals surface area contributed by atoms with Crippen molar-refractivity contribution in [1.29, 1.82) is 0 Å². The van der Waals surface area contributed by atoms with E-state index in [1.165, 1.54) is 0 Å². The third-order valence-electron chi connectivity index (χ3n) is 3.65. The lowest BCUT2D eigenvalue weighted by Crippen LogP contribution is -2.50. The maximum Gasteiger partial charge on any atom is 0.431 e. The van der Waals surface area contributed by atoms with Crippen molar-refractivity contribution in [3.63, 3.8) is 0 Å². The number of hydrogen-bond acceptors (Lipinski definition) is 4. The van der Waals surface area contributed by atoms with Crippen molar-refractivity contribution in [3.05, 3.63) is 0 Å². The Labute approximate surface area is 132 Å². The van der Waals surface area contributed by atoms with Crippen molar-refractivity contribution in [1.82, 2.24) is 5.48 Å². The van der Waals surface area contributed by atoms with E-state index in [4.69, 9.17) is 9.57 Å². The van der Waals surface area contributed by atoms with Gasteiger partial charge in [0.05, 0.1) is 6.42 Å². The molecule has 0 spiro atoms. The van der Waals surface area contributed by atoms with Gasteiger partial charge in [-0.1, -0.05) is 20.8 Å². The lowest BCUT2D eigenvalue weighted by Gasteiger charge is -2.46. The van der Waals surface area contributed by atoms with E-state index in [2.05, 4.69) is 26.3 Å². The second kappa shape index (κ2) is 6.44. The Bertz CT molecular complexity index is 427. The molecule has 1 aliphatic carbocycles. The lowest BCUT2D eigenvalue weighted by molar-refractivity contribution is -0.172. The molecule has 0 saturated heterocycles. The standard InChI is InChI=1S/C16H29NO5/c1-11-7-15(5,6)10-16(8-11,9-12(18)19)22-17-13(20)21-14(2,3)4/h11H,7-10H2,1-6H3,(H,17,20)(H,18,19). The molecule has 128 valence electrons. The summed E-state index contributed by atoms with van der Waals surface area (Å²) >= 11 is 0. The largest absolute Gasteiger partial charge is 0.481 e. The van der Waals surface area contributed by atoms with Gasteiger partial charge in [0.25, 0.3) is 0 Å². The molecule has 0 aromatic rings. The SMILES string of the molecule is CC1CC(C)(C)CC(CC(=O)O)(ONC(=O)OC(C)(C)C)C1. The van der Waals surface area contributed by atoms with E-state index in [1.807, 2.05) is 0 Å². The summed E-state index contributed by atoms with van der Waals surface area (Å²) in [6.07, 6.45) is 1.33. The Kier molecular flexibility index (Phi) is 5.49. The van der Waals surface area contributed by atoms with Crippen molar-refractivity contribution < 1.29 is 24.3 Å². The molecule has 6 nitrogen and oxygen atoms in total. The number of hydrogen-bond donors (Lipinski definition) is 2. The van der Waals surface area contributed by atoms with Crippen LogP contribution in [0, 0.1) is 11.3 Å². The summed E-state index contributed by atoms with van der Waals surface area (Å²) in [4.78, 5) is 28.6. The Morgan fingerprint density at radius 3 is 2.32 bits per heavy atom. The minimum Gasteiger partial charge on any atom is -0.481 e. The molecule has 1 amide bonds. The Balaban J connectivity index is 2.80. The molecule has 0 heterocycles. The first-order valence-electron chi connectivity index (χ1n) is 7.71. The number of nitrogens with one attached hydrogen (secondary N) is 1. The first-order valence-corrected chi connectivity index (χ1v) is 7.71. The number of rotatable bonds is 4. The third kappa shape index (κ3) is 6.22. The Morgan fingerprint density at radius 2 is 1.86 bits per heavy atom. The molecular formula is C16H29NO5. The molecule has 0 bridgehead atoms. The molecule has 2 atom stereocenters. The monoisotopic (exact) mass is 315 g/mol. The summed E-state index contributed by atoms with van der Waals surface area (Å²) in [6.45, 7) is 11.5. The first-order chi connectivity index (χ1) is 9.83. The quantitative estimate of drug-likeness (QED) is 0.776. The fraction of sp³-hybridized carbons (Fsp3) is 0.875. The highest BCUT2D eigenvalue weighted by Gasteiger charge is 2.46. The molecule has 1 fully saturated rings. The number of carboxylic acids is 1. The van der Waals surface area contributed by atoms with Gasteiger partial charge < -0.3 is 9.84 Å². The second-order valence-corrected chi connectivity index (χ2v) is 8.31. The number of carbonyl (C=O) groups excluding carboxylic acids is 1. The van der Waals surface area contributed by atoms with Crippen LogP contribution < -0.4 is 5.48 Å². The predicted octanol–water partition coefficient (Wildman–Crippen LogP) is 3.50. The molecule has 2 unspecified atom stereocenters. The molecule has 0 aromatic carbocycles. The fourth-order valence-corrected chi connectivity index (χ4v) is 3.64. The van der Waals surface area contributed by atoms with Gasteiger partial charge in [-0.2, -0.15) is 5.48 Å². The number of ether oxygens (including phenoxy) is 1. The molecule has 0 radical (unpaired) electrons. The zero-order valence-corrected chi connectivity index (χ0v) is 14.5. The maximum absolute atomic E-state index is 11.8. The van der Waals surface area contributed by atoms with Crippen molar-refractivity contribution in [3.8, 4) is 0 Å².